The quantitative estimate of drug-likeness (QED) is 0.495. The molecule has 3 rings (SSSR count). The fraction of sp³-hybridized carbons (Fsp3) is 0.174. The minimum absolute atomic E-state index is 0.0361. The molecule has 0 aliphatic rings. The third kappa shape index (κ3) is 5.60. The number of nitrogens with zero attached hydrogens (tertiary/aromatic N) is 2. The molecule has 0 atom stereocenters. The van der Waals surface area contributed by atoms with E-state index in [2.05, 4.69) is 10.0 Å². The van der Waals surface area contributed by atoms with Gasteiger partial charge in [0.15, 0.2) is 6.61 Å². The van der Waals surface area contributed by atoms with E-state index >= 15 is 0 Å². The Hall–Kier alpha value is -4.17. The number of aromatic nitrogens is 1. The molecule has 176 valence electrons. The highest BCUT2D eigenvalue weighted by Gasteiger charge is 2.21. The van der Waals surface area contributed by atoms with Gasteiger partial charge in [0.05, 0.1) is 23.1 Å². The van der Waals surface area contributed by atoms with Crippen LogP contribution in [-0.2, 0) is 19.6 Å². The lowest BCUT2D eigenvalue weighted by atomic mass is 10.2. The molecule has 34 heavy (non-hydrogen) atoms. The van der Waals surface area contributed by atoms with E-state index in [1.807, 2.05) is 6.07 Å². The minimum Gasteiger partial charge on any atom is -0.452 e. The van der Waals surface area contributed by atoms with E-state index in [0.717, 1.165) is 6.26 Å². The first-order valence-corrected chi connectivity index (χ1v) is 11.8. The summed E-state index contributed by atoms with van der Waals surface area (Å²) >= 11 is 0. The van der Waals surface area contributed by atoms with Gasteiger partial charge in [-0.25, -0.2) is 17.6 Å². The summed E-state index contributed by atoms with van der Waals surface area (Å²) < 4.78 is 45.4. The summed E-state index contributed by atoms with van der Waals surface area (Å²) in [6, 6.07) is 13.3. The number of anilines is 2. The van der Waals surface area contributed by atoms with Crippen molar-refractivity contribution in [1.29, 1.82) is 5.26 Å². The van der Waals surface area contributed by atoms with Crippen LogP contribution in [0.4, 0.5) is 15.9 Å². The van der Waals surface area contributed by atoms with E-state index in [4.69, 9.17) is 4.74 Å². The summed E-state index contributed by atoms with van der Waals surface area (Å²) in [6.45, 7) is 2.77. The fourth-order valence-corrected chi connectivity index (χ4v) is 3.86. The predicted molar refractivity (Wildman–Crippen MR) is 124 cm³/mol. The maximum absolute atomic E-state index is 13.8. The first kappa shape index (κ1) is 24.5. The Labute approximate surface area is 195 Å². The van der Waals surface area contributed by atoms with Crippen LogP contribution in [0.25, 0.3) is 5.69 Å². The minimum atomic E-state index is -3.54. The molecule has 0 bridgehead atoms. The molecular formula is C23H21FN4O5S. The molecule has 1 amide bonds. The number of esters is 1. The van der Waals surface area contributed by atoms with Crippen molar-refractivity contribution >= 4 is 33.4 Å². The number of hydrogen-bond donors (Lipinski definition) is 2. The Morgan fingerprint density at radius 2 is 1.85 bits per heavy atom. The zero-order valence-corrected chi connectivity index (χ0v) is 19.4. The summed E-state index contributed by atoms with van der Waals surface area (Å²) in [6.07, 6.45) is 0.973. The van der Waals surface area contributed by atoms with E-state index in [-0.39, 0.29) is 22.6 Å². The number of nitriles is 1. The number of halogens is 1. The van der Waals surface area contributed by atoms with Crippen molar-refractivity contribution in [2.45, 2.75) is 13.8 Å². The number of hydrogen-bond acceptors (Lipinski definition) is 6. The van der Waals surface area contributed by atoms with Crippen LogP contribution in [0.1, 0.15) is 27.2 Å². The normalized spacial score (nSPS) is 10.9. The standard InChI is InChI=1S/C23H21FN4O5S/c1-14-15(2)28(19-9-5-7-17(24)11-19)22(20(14)12-25)26-21(29)13-33-23(30)16-6-4-8-18(10-16)27-34(3,31)32/h4-11,27H,13H2,1-3H3,(H,26,29). The summed E-state index contributed by atoms with van der Waals surface area (Å²) in [4.78, 5) is 24.9. The van der Waals surface area contributed by atoms with Crippen molar-refractivity contribution in [2.75, 3.05) is 22.9 Å². The predicted octanol–water partition coefficient (Wildman–Crippen LogP) is 3.27. The highest BCUT2D eigenvalue weighted by Crippen LogP contribution is 2.30. The van der Waals surface area contributed by atoms with Crippen molar-refractivity contribution in [3.8, 4) is 11.8 Å². The number of nitrogens with one attached hydrogen (secondary N) is 2. The molecule has 0 aliphatic carbocycles. The number of amides is 1. The number of benzene rings is 2. The summed E-state index contributed by atoms with van der Waals surface area (Å²) in [5.41, 5.74) is 2.04. The van der Waals surface area contributed by atoms with Crippen LogP contribution in [0.15, 0.2) is 48.5 Å². The molecule has 1 aromatic heterocycles. The average molecular weight is 485 g/mol. The molecule has 0 spiro atoms. The van der Waals surface area contributed by atoms with Crippen LogP contribution < -0.4 is 10.0 Å². The lowest BCUT2D eigenvalue weighted by molar-refractivity contribution is -0.119. The second-order valence-electron chi connectivity index (χ2n) is 7.44. The maximum Gasteiger partial charge on any atom is 0.338 e. The topological polar surface area (TPSA) is 130 Å². The molecule has 0 saturated carbocycles. The molecule has 0 aliphatic heterocycles. The van der Waals surface area contributed by atoms with Gasteiger partial charge >= 0.3 is 5.97 Å². The van der Waals surface area contributed by atoms with Crippen LogP contribution in [0.2, 0.25) is 0 Å². The van der Waals surface area contributed by atoms with Gasteiger partial charge in [-0.05, 0) is 55.8 Å². The van der Waals surface area contributed by atoms with Gasteiger partial charge in [0, 0.05) is 11.4 Å². The highest BCUT2D eigenvalue weighted by atomic mass is 32.2. The van der Waals surface area contributed by atoms with Gasteiger partial charge < -0.3 is 10.1 Å². The molecule has 0 fully saturated rings. The van der Waals surface area contributed by atoms with Crippen molar-refractivity contribution < 1.29 is 27.1 Å². The summed E-state index contributed by atoms with van der Waals surface area (Å²) in [5, 5.41) is 12.2. The molecule has 0 saturated heterocycles. The van der Waals surface area contributed by atoms with E-state index in [0.29, 0.717) is 16.9 Å². The average Bonchev–Trinajstić information content (AvgIpc) is 3.00. The van der Waals surface area contributed by atoms with Crippen molar-refractivity contribution in [1.82, 2.24) is 4.57 Å². The Kier molecular flexibility index (Phi) is 7.03. The molecule has 2 N–H and O–H groups in total. The smallest absolute Gasteiger partial charge is 0.338 e. The van der Waals surface area contributed by atoms with Crippen molar-refractivity contribution in [3.63, 3.8) is 0 Å². The Morgan fingerprint density at radius 3 is 2.50 bits per heavy atom. The van der Waals surface area contributed by atoms with E-state index in [1.165, 1.54) is 47.0 Å². The highest BCUT2D eigenvalue weighted by molar-refractivity contribution is 7.92. The molecule has 0 unspecified atom stereocenters. The maximum atomic E-state index is 13.8. The van der Waals surface area contributed by atoms with E-state index in [9.17, 15) is 27.7 Å². The second-order valence-corrected chi connectivity index (χ2v) is 9.19. The SMILES string of the molecule is Cc1c(C#N)c(NC(=O)COC(=O)c2cccc(NS(C)(=O)=O)c2)n(-c2cccc(F)c2)c1C. The van der Waals surface area contributed by atoms with Crippen LogP contribution in [-0.4, -0.2) is 37.7 Å². The van der Waals surface area contributed by atoms with Crippen LogP contribution in [0.3, 0.4) is 0 Å². The Bertz CT molecular complexity index is 1420. The van der Waals surface area contributed by atoms with Gasteiger partial charge in [-0.1, -0.05) is 12.1 Å². The van der Waals surface area contributed by atoms with Crippen LogP contribution in [0, 0.1) is 31.0 Å². The number of rotatable bonds is 7. The number of ether oxygens (including phenoxy) is 1. The first-order chi connectivity index (χ1) is 16.0. The fourth-order valence-electron chi connectivity index (χ4n) is 3.31. The number of carbonyl (C=O) groups excluding carboxylic acids is 2. The van der Waals surface area contributed by atoms with Gasteiger partial charge in [0.25, 0.3) is 5.91 Å². The van der Waals surface area contributed by atoms with Gasteiger partial charge in [-0.3, -0.25) is 14.1 Å². The molecular weight excluding hydrogens is 463 g/mol. The van der Waals surface area contributed by atoms with Crippen LogP contribution >= 0.6 is 0 Å². The third-order valence-electron chi connectivity index (χ3n) is 4.89. The van der Waals surface area contributed by atoms with Gasteiger partial charge in [0.2, 0.25) is 10.0 Å². The molecule has 2 aromatic carbocycles. The Balaban J connectivity index is 1.78. The number of carbonyl (C=O) groups is 2. The largest absolute Gasteiger partial charge is 0.452 e. The van der Waals surface area contributed by atoms with Crippen LogP contribution in [0.5, 0.6) is 0 Å². The zero-order valence-electron chi connectivity index (χ0n) is 18.5. The molecule has 11 heteroatoms. The van der Waals surface area contributed by atoms with Crippen molar-refractivity contribution in [3.05, 3.63) is 76.7 Å². The molecule has 3 aromatic rings. The lowest BCUT2D eigenvalue weighted by Gasteiger charge is -2.13. The second kappa shape index (κ2) is 9.76. The lowest BCUT2D eigenvalue weighted by Crippen LogP contribution is -2.23. The molecule has 1 heterocycles. The Morgan fingerprint density at radius 1 is 1.15 bits per heavy atom. The van der Waals surface area contributed by atoms with E-state index < -0.39 is 34.3 Å². The number of sulfonamides is 1. The zero-order chi connectivity index (χ0) is 25.0. The molecule has 9 nitrogen and oxygen atoms in total. The van der Waals surface area contributed by atoms with E-state index in [1.54, 1.807) is 19.9 Å². The summed E-state index contributed by atoms with van der Waals surface area (Å²) in [7, 11) is -3.54. The monoisotopic (exact) mass is 484 g/mol. The molecule has 0 radical (unpaired) electrons. The van der Waals surface area contributed by atoms with Gasteiger partial charge in [0.1, 0.15) is 17.7 Å². The summed E-state index contributed by atoms with van der Waals surface area (Å²) in [5.74, 6) is -1.92. The first-order valence-electron chi connectivity index (χ1n) is 9.93. The van der Waals surface area contributed by atoms with Crippen molar-refractivity contribution in [2.24, 2.45) is 0 Å². The third-order valence-corrected chi connectivity index (χ3v) is 5.49. The van der Waals surface area contributed by atoms with Gasteiger partial charge in [-0.15, -0.1) is 0 Å². The van der Waals surface area contributed by atoms with Gasteiger partial charge in [-0.2, -0.15) is 5.26 Å².